The van der Waals surface area contributed by atoms with Crippen LogP contribution in [-0.4, -0.2) is 78.4 Å². The van der Waals surface area contributed by atoms with Gasteiger partial charge < -0.3 is 23.7 Å². The molecule has 1 aromatic carbocycles. The molecule has 1 aromatic heterocycles. The van der Waals surface area contributed by atoms with E-state index in [-0.39, 0.29) is 0 Å². The monoisotopic (exact) mass is 476 g/mol. The number of nitrogens with zero attached hydrogens (tertiary/aromatic N) is 4. The van der Waals surface area contributed by atoms with Crippen molar-refractivity contribution in [3.05, 3.63) is 59.4 Å². The van der Waals surface area contributed by atoms with Gasteiger partial charge in [-0.05, 0) is 62.1 Å². The van der Waals surface area contributed by atoms with Crippen LogP contribution in [0.25, 0.3) is 11.3 Å². The predicted octanol–water partition coefficient (Wildman–Crippen LogP) is 3.81. The number of aromatic nitrogens is 2. The smallest absolute Gasteiger partial charge is 0.151 e. The summed E-state index contributed by atoms with van der Waals surface area (Å²) in [6.07, 6.45) is 9.90. The Balaban J connectivity index is 1.12. The van der Waals surface area contributed by atoms with Crippen molar-refractivity contribution in [1.82, 2.24) is 19.4 Å². The minimum Gasteiger partial charge on any atom is -0.490 e. The van der Waals surface area contributed by atoms with Gasteiger partial charge in [-0.2, -0.15) is 0 Å². The number of likely N-dealkylation sites (tertiary alicyclic amines) is 1. The van der Waals surface area contributed by atoms with E-state index >= 15 is 0 Å². The van der Waals surface area contributed by atoms with Gasteiger partial charge in [0.1, 0.15) is 24.2 Å². The Hall–Kier alpha value is -2.61. The molecule has 3 aliphatic heterocycles. The Bertz CT molecular complexity index is 1090. The normalized spacial score (nSPS) is 21.8. The number of fused-ring (bicyclic) bond motifs is 2. The van der Waals surface area contributed by atoms with E-state index in [1.54, 1.807) is 0 Å². The van der Waals surface area contributed by atoms with Gasteiger partial charge in [0.25, 0.3) is 0 Å². The number of rotatable bonds is 6. The fourth-order valence-electron chi connectivity index (χ4n) is 5.49. The molecule has 0 radical (unpaired) electrons. The van der Waals surface area contributed by atoms with Crippen molar-refractivity contribution in [3.8, 4) is 5.75 Å². The highest BCUT2D eigenvalue weighted by molar-refractivity contribution is 5.75. The number of ether oxygens (including phenoxy) is 3. The Morgan fingerprint density at radius 1 is 1.03 bits per heavy atom. The summed E-state index contributed by atoms with van der Waals surface area (Å²) in [5, 5.41) is 0. The summed E-state index contributed by atoms with van der Waals surface area (Å²) in [6.45, 7) is 7.51. The molecule has 2 fully saturated rings. The van der Waals surface area contributed by atoms with Gasteiger partial charge in [-0.15, -0.1) is 0 Å². The molecule has 6 rings (SSSR count). The van der Waals surface area contributed by atoms with E-state index in [0.717, 1.165) is 101 Å². The number of benzene rings is 1. The molecule has 0 bridgehead atoms. The molecule has 0 atom stereocenters. The molecule has 0 saturated carbocycles. The lowest BCUT2D eigenvalue weighted by Crippen LogP contribution is -2.37. The zero-order valence-corrected chi connectivity index (χ0v) is 20.7. The molecule has 0 N–H and O–H groups in total. The first kappa shape index (κ1) is 22.8. The summed E-state index contributed by atoms with van der Waals surface area (Å²) in [5.41, 5.74) is 4.96. The highest BCUT2D eigenvalue weighted by atomic mass is 16.5. The maximum Gasteiger partial charge on any atom is 0.151 e. The average molecular weight is 477 g/mol. The van der Waals surface area contributed by atoms with Gasteiger partial charge in [0.05, 0.1) is 24.6 Å². The fraction of sp³-hybridized carbons (Fsp3) is 0.536. The van der Waals surface area contributed by atoms with E-state index in [0.29, 0.717) is 12.7 Å². The zero-order chi connectivity index (χ0) is 23.6. The van der Waals surface area contributed by atoms with E-state index in [1.165, 1.54) is 16.8 Å². The number of allylic oxidation sites excluding steroid dienone is 3. The van der Waals surface area contributed by atoms with E-state index in [9.17, 15) is 0 Å². The average Bonchev–Trinajstić information content (AvgIpc) is 3.33. The van der Waals surface area contributed by atoms with Crippen LogP contribution in [0.5, 0.6) is 5.75 Å². The van der Waals surface area contributed by atoms with Crippen LogP contribution in [-0.2, 0) is 22.5 Å². The van der Waals surface area contributed by atoms with Gasteiger partial charge in [0.2, 0.25) is 0 Å². The van der Waals surface area contributed by atoms with Crippen LogP contribution in [0.4, 0.5) is 0 Å². The predicted molar refractivity (Wildman–Crippen MR) is 136 cm³/mol. The van der Waals surface area contributed by atoms with Crippen LogP contribution in [0.15, 0.2) is 42.3 Å². The lowest BCUT2D eigenvalue weighted by Gasteiger charge is -2.29. The van der Waals surface area contributed by atoms with Crippen LogP contribution < -0.4 is 4.74 Å². The van der Waals surface area contributed by atoms with E-state index < -0.39 is 0 Å². The number of hydrogen-bond acceptors (Lipinski definition) is 6. The summed E-state index contributed by atoms with van der Waals surface area (Å²) >= 11 is 0. The van der Waals surface area contributed by atoms with Crippen molar-refractivity contribution < 1.29 is 14.2 Å². The van der Waals surface area contributed by atoms with Crippen molar-refractivity contribution in [1.29, 1.82) is 0 Å². The maximum atomic E-state index is 6.23. The van der Waals surface area contributed by atoms with Crippen molar-refractivity contribution >= 4 is 11.3 Å². The summed E-state index contributed by atoms with van der Waals surface area (Å²) in [5.74, 6) is 2.98. The quantitative estimate of drug-likeness (QED) is 0.632. The van der Waals surface area contributed by atoms with Crippen LogP contribution in [0.1, 0.15) is 42.8 Å². The minimum atomic E-state index is 0.331. The minimum absolute atomic E-state index is 0.331. The van der Waals surface area contributed by atoms with Crippen LogP contribution in [0.2, 0.25) is 0 Å². The van der Waals surface area contributed by atoms with Gasteiger partial charge in [-0.1, -0.05) is 12.1 Å². The molecule has 0 spiro atoms. The fourth-order valence-corrected chi connectivity index (χ4v) is 5.49. The number of imidazole rings is 1. The maximum absolute atomic E-state index is 6.23. The molecule has 4 heterocycles. The topological polar surface area (TPSA) is 52.0 Å². The van der Waals surface area contributed by atoms with Gasteiger partial charge in [-0.3, -0.25) is 4.90 Å². The zero-order valence-electron chi connectivity index (χ0n) is 20.7. The second-order valence-corrected chi connectivity index (χ2v) is 10.1. The molecular weight excluding hydrogens is 440 g/mol. The second-order valence-electron chi connectivity index (χ2n) is 10.1. The lowest BCUT2D eigenvalue weighted by atomic mass is 9.94. The molecule has 2 aromatic rings. The summed E-state index contributed by atoms with van der Waals surface area (Å²) < 4.78 is 20.1. The lowest BCUT2D eigenvalue weighted by molar-refractivity contribution is 0.0383. The first-order chi connectivity index (χ1) is 17.2. The van der Waals surface area contributed by atoms with Crippen LogP contribution in [0.3, 0.4) is 0 Å². The summed E-state index contributed by atoms with van der Waals surface area (Å²) in [7, 11) is 2.18. The molecule has 0 amide bonds. The van der Waals surface area contributed by atoms with Crippen molar-refractivity contribution in [2.24, 2.45) is 0 Å². The molecule has 4 aliphatic rings. The molecule has 0 unspecified atom stereocenters. The number of hydrogen-bond donors (Lipinski definition) is 0. The first-order valence-corrected chi connectivity index (χ1v) is 13.1. The SMILES string of the molecule is CN1CCC(Oc2ccc(C3=CC4=C(CC3)n3cc(CCN5CCOCC5)nc3CO4)cc2)CC1. The third kappa shape index (κ3) is 5.17. The third-order valence-electron chi connectivity index (χ3n) is 7.68. The second kappa shape index (κ2) is 10.2. The standard InChI is InChI=1S/C28H36N4O3/c1-30-11-9-25(10-12-30)35-24-5-2-21(3-6-24)22-4-7-26-27(18-22)34-20-28-29-23(19-32(26)28)8-13-31-14-16-33-17-15-31/h2-3,5-6,18-19,25H,4,7-17,20H2,1H3. The molecule has 35 heavy (non-hydrogen) atoms. The van der Waals surface area contributed by atoms with E-state index in [4.69, 9.17) is 19.2 Å². The van der Waals surface area contributed by atoms with Gasteiger partial charge in [0.15, 0.2) is 5.82 Å². The Kier molecular flexibility index (Phi) is 6.63. The third-order valence-corrected chi connectivity index (χ3v) is 7.68. The highest BCUT2D eigenvalue weighted by Gasteiger charge is 2.25. The van der Waals surface area contributed by atoms with Gasteiger partial charge in [-0.25, -0.2) is 4.98 Å². The Labute approximate surface area is 208 Å². The molecule has 186 valence electrons. The van der Waals surface area contributed by atoms with Crippen molar-refractivity contribution in [2.75, 3.05) is 53.0 Å². The van der Waals surface area contributed by atoms with Crippen molar-refractivity contribution in [2.45, 2.75) is 44.8 Å². The largest absolute Gasteiger partial charge is 0.490 e. The van der Waals surface area contributed by atoms with Gasteiger partial charge in [0, 0.05) is 45.3 Å². The van der Waals surface area contributed by atoms with E-state index in [2.05, 4.69) is 58.0 Å². The van der Waals surface area contributed by atoms with E-state index in [1.807, 2.05) is 0 Å². The van der Waals surface area contributed by atoms with Gasteiger partial charge >= 0.3 is 0 Å². The molecule has 1 aliphatic carbocycles. The van der Waals surface area contributed by atoms with Crippen LogP contribution in [0, 0.1) is 0 Å². The molecule has 7 nitrogen and oxygen atoms in total. The number of piperidine rings is 1. The first-order valence-electron chi connectivity index (χ1n) is 13.1. The van der Waals surface area contributed by atoms with Crippen LogP contribution >= 0.6 is 0 Å². The summed E-state index contributed by atoms with van der Waals surface area (Å²) in [6, 6.07) is 8.62. The highest BCUT2D eigenvalue weighted by Crippen LogP contribution is 2.37. The number of morpholine rings is 1. The Morgan fingerprint density at radius 2 is 1.83 bits per heavy atom. The molecular formula is C28H36N4O3. The van der Waals surface area contributed by atoms with Crippen molar-refractivity contribution in [3.63, 3.8) is 0 Å². The molecule has 7 heteroatoms. The molecule has 2 saturated heterocycles. The Morgan fingerprint density at radius 3 is 2.63 bits per heavy atom. The summed E-state index contributed by atoms with van der Waals surface area (Å²) in [4.78, 5) is 9.70.